The van der Waals surface area contributed by atoms with Gasteiger partial charge in [0.25, 0.3) is 5.91 Å². The summed E-state index contributed by atoms with van der Waals surface area (Å²) in [6.07, 6.45) is 0. The van der Waals surface area contributed by atoms with Crippen LogP contribution in [0.15, 0.2) is 56.1 Å². The van der Waals surface area contributed by atoms with E-state index in [4.69, 9.17) is 9.15 Å². The zero-order valence-corrected chi connectivity index (χ0v) is 19.0. The normalized spacial score (nSPS) is 15.5. The molecule has 0 spiro atoms. The number of nitrogens with zero attached hydrogens (tertiary/aromatic N) is 3. The fraction of sp³-hybridized carbons (Fsp3) is 0.182. The summed E-state index contributed by atoms with van der Waals surface area (Å²) in [5.74, 6) is 0.265. The Kier molecular flexibility index (Phi) is 4.86. The highest BCUT2D eigenvalue weighted by molar-refractivity contribution is 9.10. The molecule has 1 unspecified atom stereocenters. The van der Waals surface area contributed by atoms with Gasteiger partial charge >= 0.3 is 0 Å². The number of hydrogen-bond donors (Lipinski definition) is 0. The molecule has 7 nitrogen and oxygen atoms in total. The number of aromatic nitrogens is 2. The van der Waals surface area contributed by atoms with E-state index >= 15 is 0 Å². The number of carbonyl (C=O) groups excluding carboxylic acids is 1. The van der Waals surface area contributed by atoms with E-state index in [2.05, 4.69) is 26.1 Å². The third-order valence-electron chi connectivity index (χ3n) is 5.04. The minimum Gasteiger partial charge on any atom is -0.494 e. The molecule has 0 saturated heterocycles. The standard InChI is InChI=1S/C22H16BrN3O4S/c1-3-29-14-6-4-5-12(9-14)18-17-19(27)15-10-13(23)7-8-16(15)30-20(17)21(28)26(18)22-25-24-11(2)31-22/h4-10,18H,3H2,1-2H3. The molecule has 156 valence electrons. The molecule has 31 heavy (non-hydrogen) atoms. The summed E-state index contributed by atoms with van der Waals surface area (Å²) in [5.41, 5.74) is 1.13. The van der Waals surface area contributed by atoms with Crippen LogP contribution < -0.4 is 15.1 Å². The molecule has 0 saturated carbocycles. The van der Waals surface area contributed by atoms with Gasteiger partial charge in [-0.25, -0.2) is 0 Å². The zero-order valence-electron chi connectivity index (χ0n) is 16.6. The van der Waals surface area contributed by atoms with E-state index < -0.39 is 11.9 Å². The summed E-state index contributed by atoms with van der Waals surface area (Å²) in [6.45, 7) is 4.22. The Hall–Kier alpha value is -3.04. The molecule has 0 fully saturated rings. The number of halogens is 1. The lowest BCUT2D eigenvalue weighted by Gasteiger charge is -2.22. The average molecular weight is 498 g/mol. The zero-order chi connectivity index (χ0) is 21.7. The molecule has 1 aliphatic rings. The highest BCUT2D eigenvalue weighted by Gasteiger charge is 2.45. The number of aryl methyl sites for hydroxylation is 1. The van der Waals surface area contributed by atoms with Gasteiger partial charge in [0.15, 0.2) is 5.43 Å². The number of fused-ring (bicyclic) bond motifs is 2. The van der Waals surface area contributed by atoms with Crippen LogP contribution in [0.2, 0.25) is 0 Å². The van der Waals surface area contributed by atoms with Crippen LogP contribution in [0.5, 0.6) is 5.75 Å². The van der Waals surface area contributed by atoms with Crippen molar-refractivity contribution >= 4 is 49.3 Å². The monoisotopic (exact) mass is 497 g/mol. The third-order valence-corrected chi connectivity index (χ3v) is 6.37. The van der Waals surface area contributed by atoms with E-state index in [1.165, 1.54) is 16.2 Å². The predicted molar refractivity (Wildman–Crippen MR) is 121 cm³/mol. The maximum atomic E-state index is 13.6. The molecule has 1 aliphatic heterocycles. The summed E-state index contributed by atoms with van der Waals surface area (Å²) in [6, 6.07) is 11.8. The molecule has 2 aromatic carbocycles. The molecule has 9 heteroatoms. The Morgan fingerprint density at radius 2 is 2.03 bits per heavy atom. The lowest BCUT2D eigenvalue weighted by molar-refractivity contribution is 0.0970. The fourth-order valence-electron chi connectivity index (χ4n) is 3.78. The SMILES string of the molecule is CCOc1cccc(C2c3c(oc4ccc(Br)cc4c3=O)C(=O)N2c2nnc(C)s2)c1. The Bertz CT molecular complexity index is 1400. The molecule has 2 aromatic heterocycles. The third kappa shape index (κ3) is 3.24. The molecule has 0 radical (unpaired) electrons. The molecule has 0 N–H and O–H groups in total. The van der Waals surface area contributed by atoms with Crippen molar-refractivity contribution in [1.29, 1.82) is 0 Å². The first kappa shape index (κ1) is 19.9. The maximum Gasteiger partial charge on any atom is 0.297 e. The lowest BCUT2D eigenvalue weighted by Crippen LogP contribution is -2.29. The van der Waals surface area contributed by atoms with Crippen molar-refractivity contribution in [2.24, 2.45) is 0 Å². The van der Waals surface area contributed by atoms with Crippen molar-refractivity contribution < 1.29 is 13.9 Å². The Balaban J connectivity index is 1.80. The number of benzene rings is 2. The van der Waals surface area contributed by atoms with Crippen LogP contribution >= 0.6 is 27.3 Å². The van der Waals surface area contributed by atoms with Crippen LogP contribution in [0.4, 0.5) is 5.13 Å². The van der Waals surface area contributed by atoms with E-state index in [1.54, 1.807) is 18.2 Å². The van der Waals surface area contributed by atoms with E-state index in [0.29, 0.717) is 33.5 Å². The molecule has 0 aliphatic carbocycles. The Morgan fingerprint density at radius 3 is 2.77 bits per heavy atom. The minimum absolute atomic E-state index is 0.0273. The molecule has 1 amide bonds. The Morgan fingerprint density at radius 1 is 1.19 bits per heavy atom. The topological polar surface area (TPSA) is 85.5 Å². The van der Waals surface area contributed by atoms with Gasteiger partial charge in [-0.05, 0) is 49.7 Å². The predicted octanol–water partition coefficient (Wildman–Crippen LogP) is 4.86. The summed E-state index contributed by atoms with van der Waals surface area (Å²) >= 11 is 4.69. The van der Waals surface area contributed by atoms with Crippen LogP contribution in [0.3, 0.4) is 0 Å². The first-order valence-electron chi connectivity index (χ1n) is 9.60. The number of amides is 1. The van der Waals surface area contributed by atoms with Crippen LogP contribution in [-0.4, -0.2) is 22.7 Å². The van der Waals surface area contributed by atoms with Crippen molar-refractivity contribution in [3.05, 3.63) is 79.1 Å². The van der Waals surface area contributed by atoms with E-state index in [-0.39, 0.29) is 16.8 Å². The minimum atomic E-state index is -0.699. The summed E-state index contributed by atoms with van der Waals surface area (Å²) in [5, 5.41) is 9.76. The molecular weight excluding hydrogens is 482 g/mol. The summed E-state index contributed by atoms with van der Waals surface area (Å²) in [7, 11) is 0. The Labute approximate surface area is 189 Å². The highest BCUT2D eigenvalue weighted by atomic mass is 79.9. The number of anilines is 1. The van der Waals surface area contributed by atoms with E-state index in [1.807, 2.05) is 38.1 Å². The second kappa shape index (κ2) is 7.58. The number of rotatable bonds is 4. The van der Waals surface area contributed by atoms with Crippen LogP contribution in [0, 0.1) is 6.92 Å². The quantitative estimate of drug-likeness (QED) is 0.400. The van der Waals surface area contributed by atoms with Crippen LogP contribution in [-0.2, 0) is 0 Å². The highest BCUT2D eigenvalue weighted by Crippen LogP contribution is 2.42. The van der Waals surface area contributed by atoms with Gasteiger partial charge in [-0.2, -0.15) is 0 Å². The second-order valence-electron chi connectivity index (χ2n) is 7.00. The van der Waals surface area contributed by atoms with Crippen LogP contribution in [0.25, 0.3) is 11.0 Å². The largest absolute Gasteiger partial charge is 0.494 e. The molecule has 0 bridgehead atoms. The van der Waals surface area contributed by atoms with Crippen molar-refractivity contribution in [3.8, 4) is 5.75 Å². The molecule has 3 heterocycles. The fourth-order valence-corrected chi connectivity index (χ4v) is 4.86. The number of hydrogen-bond acceptors (Lipinski definition) is 7. The van der Waals surface area contributed by atoms with Gasteiger partial charge in [-0.15, -0.1) is 10.2 Å². The molecule has 5 rings (SSSR count). The lowest BCUT2D eigenvalue weighted by atomic mass is 9.98. The molecule has 4 aromatic rings. The van der Waals surface area contributed by atoms with Gasteiger partial charge < -0.3 is 9.15 Å². The first-order valence-corrected chi connectivity index (χ1v) is 11.2. The van der Waals surface area contributed by atoms with Gasteiger partial charge in [0.05, 0.1) is 23.6 Å². The average Bonchev–Trinajstić information content (AvgIpc) is 3.30. The number of ether oxygens (including phenoxy) is 1. The molecule has 1 atom stereocenters. The maximum absolute atomic E-state index is 13.6. The summed E-state index contributed by atoms with van der Waals surface area (Å²) in [4.78, 5) is 28.5. The van der Waals surface area contributed by atoms with Gasteiger partial charge in [-0.1, -0.05) is 39.4 Å². The van der Waals surface area contributed by atoms with Gasteiger partial charge in [0, 0.05) is 4.47 Å². The van der Waals surface area contributed by atoms with Crippen molar-refractivity contribution in [1.82, 2.24) is 10.2 Å². The van der Waals surface area contributed by atoms with Crippen molar-refractivity contribution in [2.45, 2.75) is 19.9 Å². The van der Waals surface area contributed by atoms with Gasteiger partial charge in [-0.3, -0.25) is 14.5 Å². The second-order valence-corrected chi connectivity index (χ2v) is 9.08. The van der Waals surface area contributed by atoms with Crippen molar-refractivity contribution in [2.75, 3.05) is 11.5 Å². The molecular formula is C22H16BrN3O4S. The van der Waals surface area contributed by atoms with Gasteiger partial charge in [0.1, 0.15) is 16.3 Å². The van der Waals surface area contributed by atoms with E-state index in [9.17, 15) is 9.59 Å². The van der Waals surface area contributed by atoms with Crippen molar-refractivity contribution in [3.63, 3.8) is 0 Å². The first-order chi connectivity index (χ1) is 15.0. The van der Waals surface area contributed by atoms with E-state index in [0.717, 1.165) is 10.0 Å². The smallest absolute Gasteiger partial charge is 0.297 e. The summed E-state index contributed by atoms with van der Waals surface area (Å²) < 4.78 is 12.4. The van der Waals surface area contributed by atoms with Gasteiger partial charge in [0.2, 0.25) is 10.9 Å². The van der Waals surface area contributed by atoms with Crippen LogP contribution in [0.1, 0.15) is 39.7 Å². The number of carbonyl (C=O) groups is 1.